The van der Waals surface area contributed by atoms with Crippen molar-refractivity contribution in [1.29, 1.82) is 0 Å². The van der Waals surface area contributed by atoms with E-state index in [1.807, 2.05) is 0 Å². The second kappa shape index (κ2) is 8.11. The summed E-state index contributed by atoms with van der Waals surface area (Å²) in [5.41, 5.74) is 1.60. The molecule has 0 atom stereocenters. The summed E-state index contributed by atoms with van der Waals surface area (Å²) in [5, 5.41) is 3.96. The molecule has 2 aliphatic rings. The Morgan fingerprint density at radius 3 is 2.77 bits per heavy atom. The number of thiazole rings is 1. The van der Waals surface area contributed by atoms with E-state index in [1.165, 1.54) is 41.6 Å². The molecule has 7 nitrogen and oxygen atoms in total. The molecule has 2 heterocycles. The van der Waals surface area contributed by atoms with E-state index >= 15 is 0 Å². The molecule has 4 rings (SSSR count). The van der Waals surface area contributed by atoms with Gasteiger partial charge in [-0.05, 0) is 64.2 Å². The second-order valence-electron chi connectivity index (χ2n) is 7.95. The highest BCUT2D eigenvalue weighted by Crippen LogP contribution is 2.32. The Kier molecular flexibility index (Phi) is 5.67. The molecule has 30 heavy (non-hydrogen) atoms. The number of carbonyl (C=O) groups is 2. The number of benzene rings is 1. The third kappa shape index (κ3) is 3.76. The first-order valence-electron chi connectivity index (χ1n) is 10.3. The minimum atomic E-state index is -3.92. The molecule has 0 radical (unpaired) electrons. The maximum Gasteiger partial charge on any atom is 0.269 e. The monoisotopic (exact) mass is 447 g/mol. The number of aryl methyl sites for hydroxylation is 3. The van der Waals surface area contributed by atoms with Crippen LogP contribution in [-0.4, -0.2) is 42.1 Å². The summed E-state index contributed by atoms with van der Waals surface area (Å²) >= 11 is 1.78. The molecule has 0 saturated heterocycles. The van der Waals surface area contributed by atoms with Crippen molar-refractivity contribution >= 4 is 33.2 Å². The van der Waals surface area contributed by atoms with Crippen LogP contribution in [0.15, 0.2) is 23.1 Å². The molecule has 0 spiro atoms. The fourth-order valence-corrected chi connectivity index (χ4v) is 6.95. The third-order valence-electron chi connectivity index (χ3n) is 5.42. The Balaban J connectivity index is 1.38. The fraction of sp³-hybridized carbons (Fsp3) is 0.476. The molecule has 2 aromatic rings. The van der Waals surface area contributed by atoms with Gasteiger partial charge in [-0.2, -0.15) is 0 Å². The lowest BCUT2D eigenvalue weighted by Gasteiger charge is -2.18. The van der Waals surface area contributed by atoms with E-state index in [0.29, 0.717) is 6.54 Å². The number of hydrogen-bond acceptors (Lipinski definition) is 6. The maximum atomic E-state index is 12.7. The van der Waals surface area contributed by atoms with Crippen molar-refractivity contribution in [1.82, 2.24) is 14.6 Å². The van der Waals surface area contributed by atoms with E-state index in [-0.39, 0.29) is 21.9 Å². The van der Waals surface area contributed by atoms with Gasteiger partial charge in [-0.15, -0.1) is 11.3 Å². The molecule has 1 aliphatic heterocycles. The first-order valence-corrected chi connectivity index (χ1v) is 12.5. The van der Waals surface area contributed by atoms with Gasteiger partial charge < -0.3 is 5.32 Å². The van der Waals surface area contributed by atoms with Gasteiger partial charge in [0.05, 0.1) is 16.3 Å². The highest BCUT2D eigenvalue weighted by molar-refractivity contribution is 7.90. The highest BCUT2D eigenvalue weighted by Gasteiger charge is 2.42. The zero-order valence-corrected chi connectivity index (χ0v) is 18.7. The first-order chi connectivity index (χ1) is 14.3. The van der Waals surface area contributed by atoms with Crippen LogP contribution in [0.1, 0.15) is 69.4 Å². The minimum Gasteiger partial charge on any atom is -0.352 e. The van der Waals surface area contributed by atoms with Crippen molar-refractivity contribution in [3.05, 3.63) is 44.9 Å². The van der Waals surface area contributed by atoms with Gasteiger partial charge >= 0.3 is 0 Å². The average molecular weight is 448 g/mol. The number of nitrogens with one attached hydrogen (secondary N) is 1. The van der Waals surface area contributed by atoms with E-state index in [0.717, 1.165) is 35.0 Å². The van der Waals surface area contributed by atoms with E-state index in [2.05, 4.69) is 5.32 Å². The topological polar surface area (TPSA) is 96.4 Å². The van der Waals surface area contributed by atoms with Gasteiger partial charge in [0.25, 0.3) is 21.8 Å². The zero-order valence-electron chi connectivity index (χ0n) is 17.1. The molecule has 1 N–H and O–H groups in total. The number of nitrogens with zero attached hydrogens (tertiary/aromatic N) is 2. The molecule has 160 valence electrons. The van der Waals surface area contributed by atoms with E-state index in [9.17, 15) is 18.0 Å². The Morgan fingerprint density at radius 1 is 1.27 bits per heavy atom. The van der Waals surface area contributed by atoms with Crippen molar-refractivity contribution in [2.75, 3.05) is 6.54 Å². The average Bonchev–Trinajstić information content (AvgIpc) is 3.20. The summed E-state index contributed by atoms with van der Waals surface area (Å²) in [6.45, 7) is 3.77. The molecule has 0 unspecified atom stereocenters. The molecular weight excluding hydrogens is 422 g/mol. The molecular formula is C21H25N3O4S2. The zero-order chi connectivity index (χ0) is 21.5. The number of carbonyl (C=O) groups excluding carboxylic acids is 2. The largest absolute Gasteiger partial charge is 0.352 e. The highest BCUT2D eigenvalue weighted by atomic mass is 32.2. The van der Waals surface area contributed by atoms with Crippen LogP contribution in [0.3, 0.4) is 0 Å². The van der Waals surface area contributed by atoms with Crippen LogP contribution in [-0.2, 0) is 29.3 Å². The predicted octanol–water partition coefficient (Wildman–Crippen LogP) is 2.94. The summed E-state index contributed by atoms with van der Waals surface area (Å²) in [6, 6.07) is 3.74. The van der Waals surface area contributed by atoms with E-state index in [4.69, 9.17) is 4.98 Å². The number of amides is 2. The van der Waals surface area contributed by atoms with Gasteiger partial charge in [-0.25, -0.2) is 17.7 Å². The lowest BCUT2D eigenvalue weighted by molar-refractivity contribution is 0.0845. The minimum absolute atomic E-state index is 0.0952. The van der Waals surface area contributed by atoms with Gasteiger partial charge in [0, 0.05) is 29.4 Å². The molecule has 0 fully saturated rings. The lowest BCUT2D eigenvalue weighted by atomic mass is 10.0. The Bertz CT molecular complexity index is 1080. The molecule has 9 heteroatoms. The molecule has 1 aromatic heterocycles. The van der Waals surface area contributed by atoms with Crippen LogP contribution in [0, 0.1) is 0 Å². The van der Waals surface area contributed by atoms with Crippen LogP contribution >= 0.6 is 11.3 Å². The number of rotatable bonds is 6. The van der Waals surface area contributed by atoms with E-state index < -0.39 is 22.0 Å². The van der Waals surface area contributed by atoms with E-state index in [1.54, 1.807) is 25.2 Å². The normalized spacial score (nSPS) is 17.2. The van der Waals surface area contributed by atoms with Crippen molar-refractivity contribution < 1.29 is 18.0 Å². The Morgan fingerprint density at radius 2 is 2.03 bits per heavy atom. The summed E-state index contributed by atoms with van der Waals surface area (Å²) in [5.74, 6) is -0.889. The Labute approximate surface area is 180 Å². The maximum absolute atomic E-state index is 12.7. The van der Waals surface area contributed by atoms with Gasteiger partial charge in [-0.3, -0.25) is 9.59 Å². The third-order valence-corrected chi connectivity index (χ3v) is 8.64. The Hall–Kier alpha value is -2.26. The smallest absolute Gasteiger partial charge is 0.269 e. The molecule has 2 amide bonds. The first kappa shape index (κ1) is 21.0. The van der Waals surface area contributed by atoms with Gasteiger partial charge in [0.15, 0.2) is 0 Å². The summed E-state index contributed by atoms with van der Waals surface area (Å²) in [4.78, 5) is 30.9. The molecule has 0 saturated carbocycles. The van der Waals surface area contributed by atoms with Crippen LogP contribution in [0.25, 0.3) is 0 Å². The lowest BCUT2D eigenvalue weighted by Crippen LogP contribution is -2.36. The molecule has 1 aliphatic carbocycles. The number of fused-ring (bicyclic) bond motifs is 2. The van der Waals surface area contributed by atoms with Crippen molar-refractivity contribution in [3.8, 4) is 0 Å². The SMILES string of the molecule is CC(C)N1C(=O)c2ccc(C(=O)NCCCc3nc4c(s3)CCCC4)cc2S1(=O)=O. The van der Waals surface area contributed by atoms with Crippen molar-refractivity contribution in [2.24, 2.45) is 0 Å². The standard InChI is InChI=1S/C21H25N3O4S2/c1-13(2)24-21(26)15-10-9-14(12-18(15)30(24,27)28)20(25)22-11-5-8-19-23-16-6-3-4-7-17(16)29-19/h9-10,12-13H,3-8,11H2,1-2H3,(H,22,25). The summed E-state index contributed by atoms with van der Waals surface area (Å²) < 4.78 is 26.2. The number of sulfonamides is 1. The number of hydrogen-bond donors (Lipinski definition) is 1. The van der Waals surface area contributed by atoms with Crippen LogP contribution in [0.5, 0.6) is 0 Å². The van der Waals surface area contributed by atoms with Crippen LogP contribution in [0.2, 0.25) is 0 Å². The molecule has 0 bridgehead atoms. The van der Waals surface area contributed by atoms with Crippen molar-refractivity contribution in [3.63, 3.8) is 0 Å². The van der Waals surface area contributed by atoms with Gasteiger partial charge in [-0.1, -0.05) is 0 Å². The quantitative estimate of drug-likeness (QED) is 0.687. The second-order valence-corrected chi connectivity index (χ2v) is 10.9. The van der Waals surface area contributed by atoms with Crippen LogP contribution < -0.4 is 5.32 Å². The van der Waals surface area contributed by atoms with Gasteiger partial charge in [0.2, 0.25) is 0 Å². The summed E-state index contributed by atoms with van der Waals surface area (Å²) in [6.07, 6.45) is 6.22. The number of aromatic nitrogens is 1. The van der Waals surface area contributed by atoms with Crippen LogP contribution in [0.4, 0.5) is 0 Å². The molecule has 1 aromatic carbocycles. The summed E-state index contributed by atoms with van der Waals surface area (Å²) in [7, 11) is -3.92. The van der Waals surface area contributed by atoms with Gasteiger partial charge in [0.1, 0.15) is 4.90 Å². The fourth-order valence-electron chi connectivity index (χ4n) is 3.96. The predicted molar refractivity (Wildman–Crippen MR) is 114 cm³/mol. The van der Waals surface area contributed by atoms with Crippen molar-refractivity contribution in [2.45, 2.75) is 63.3 Å².